The van der Waals surface area contributed by atoms with Crippen molar-refractivity contribution in [2.75, 3.05) is 13.1 Å². The van der Waals surface area contributed by atoms with Crippen LogP contribution in [0, 0.1) is 5.82 Å². The highest BCUT2D eigenvalue weighted by Crippen LogP contribution is 2.38. The Labute approximate surface area is 221 Å². The molecule has 0 amide bonds. The van der Waals surface area contributed by atoms with Gasteiger partial charge in [0, 0.05) is 23.9 Å². The predicted octanol–water partition coefficient (Wildman–Crippen LogP) is 7.31. The zero-order valence-electron chi connectivity index (χ0n) is 21.1. The van der Waals surface area contributed by atoms with Crippen molar-refractivity contribution in [2.24, 2.45) is 7.05 Å². The van der Waals surface area contributed by atoms with Crippen LogP contribution in [0.1, 0.15) is 42.7 Å². The first-order chi connectivity index (χ1) is 18.8. The van der Waals surface area contributed by atoms with Gasteiger partial charge >= 0.3 is 6.55 Å². The molecule has 10 heteroatoms. The summed E-state index contributed by atoms with van der Waals surface area (Å²) in [5, 5.41) is 5.26. The number of rotatable bonds is 6. The molecule has 1 saturated heterocycles. The van der Waals surface area contributed by atoms with Crippen LogP contribution in [0.4, 0.5) is 22.0 Å². The Morgan fingerprint density at radius 3 is 2.36 bits per heavy atom. The van der Waals surface area contributed by atoms with Gasteiger partial charge in [0.1, 0.15) is 17.3 Å². The fourth-order valence-corrected chi connectivity index (χ4v) is 5.82. The van der Waals surface area contributed by atoms with E-state index in [2.05, 4.69) is 10.1 Å². The summed E-state index contributed by atoms with van der Waals surface area (Å²) in [6, 6.07) is 16.9. The zero-order valence-corrected chi connectivity index (χ0v) is 21.1. The number of imidazole rings is 1. The number of alkyl halides is 4. The number of para-hydroxylation sites is 2. The number of fused-ring (bicyclic) bond motifs is 2. The van der Waals surface area contributed by atoms with Crippen LogP contribution in [0.5, 0.6) is 0 Å². The Bertz CT molecular complexity index is 1630. The van der Waals surface area contributed by atoms with Crippen molar-refractivity contribution >= 4 is 21.9 Å². The fraction of sp³-hybridized carbons (Fsp3) is 0.310. The van der Waals surface area contributed by atoms with E-state index in [-0.39, 0.29) is 11.7 Å². The van der Waals surface area contributed by atoms with Crippen molar-refractivity contribution in [2.45, 2.75) is 37.8 Å². The molecule has 1 aliphatic rings. The number of hydrogen-bond acceptors (Lipinski definition) is 3. The molecule has 0 spiro atoms. The Morgan fingerprint density at radius 1 is 0.872 bits per heavy atom. The maximum absolute atomic E-state index is 14.5. The lowest BCUT2D eigenvalue weighted by atomic mass is 9.93. The van der Waals surface area contributed by atoms with E-state index in [9.17, 15) is 22.0 Å². The van der Waals surface area contributed by atoms with Crippen molar-refractivity contribution < 1.29 is 22.0 Å². The van der Waals surface area contributed by atoms with Gasteiger partial charge in [-0.2, -0.15) is 13.9 Å². The summed E-state index contributed by atoms with van der Waals surface area (Å²) in [6.07, 6.45) is -1.77. The van der Waals surface area contributed by atoms with Gasteiger partial charge in [0.2, 0.25) is 0 Å². The minimum Gasteiger partial charge on any atom is -0.291 e. The Balaban J connectivity index is 1.27. The molecular weight excluding hydrogens is 513 g/mol. The number of aryl methyl sites for hydroxylation is 1. The first-order valence-corrected chi connectivity index (χ1v) is 12.8. The first kappa shape index (κ1) is 25.5. The summed E-state index contributed by atoms with van der Waals surface area (Å²) in [7, 11) is 1.73. The summed E-state index contributed by atoms with van der Waals surface area (Å²) in [6.45, 7) is -2.09. The Morgan fingerprint density at radius 2 is 1.64 bits per heavy atom. The first-order valence-electron chi connectivity index (χ1n) is 12.8. The maximum Gasteiger partial charge on any atom is 0.320 e. The number of benzene rings is 3. The normalized spacial score (nSPS) is 16.2. The molecule has 0 N–H and O–H groups in total. The molecule has 0 radical (unpaired) electrons. The van der Waals surface area contributed by atoms with Gasteiger partial charge in [0.15, 0.2) is 0 Å². The van der Waals surface area contributed by atoms with E-state index in [0.717, 1.165) is 9.95 Å². The molecule has 2 aromatic heterocycles. The molecule has 0 bridgehead atoms. The molecule has 1 unspecified atom stereocenters. The molecule has 1 fully saturated rings. The average Bonchev–Trinajstić information content (AvgIpc) is 3.47. The number of hydrogen-bond donors (Lipinski definition) is 0. The second kappa shape index (κ2) is 10.1. The van der Waals surface area contributed by atoms with E-state index < -0.39 is 19.0 Å². The molecule has 39 heavy (non-hydrogen) atoms. The summed E-state index contributed by atoms with van der Waals surface area (Å²) < 4.78 is 73.3. The third-order valence-electron chi connectivity index (χ3n) is 7.66. The summed E-state index contributed by atoms with van der Waals surface area (Å²) in [5.41, 5.74) is 3.17. The van der Waals surface area contributed by atoms with E-state index in [1.165, 1.54) is 12.1 Å². The van der Waals surface area contributed by atoms with E-state index in [4.69, 9.17) is 0 Å². The third kappa shape index (κ3) is 4.56. The molecule has 202 valence electrons. The molecule has 0 aliphatic carbocycles. The van der Waals surface area contributed by atoms with E-state index in [1.807, 2.05) is 0 Å². The van der Waals surface area contributed by atoms with Crippen LogP contribution < -0.4 is 0 Å². The molecule has 1 aliphatic heterocycles. The number of halogens is 5. The lowest BCUT2D eigenvalue weighted by molar-refractivity contribution is 0.0104. The Kier molecular flexibility index (Phi) is 6.58. The van der Waals surface area contributed by atoms with E-state index in [0.29, 0.717) is 65.1 Å². The van der Waals surface area contributed by atoms with Crippen molar-refractivity contribution in [3.8, 4) is 11.3 Å². The van der Waals surface area contributed by atoms with Crippen molar-refractivity contribution in [1.82, 2.24) is 24.2 Å². The molecule has 5 nitrogen and oxygen atoms in total. The standard InChI is InChI=1S/C29H26F5N5/c1-37-24-16-19(9-10-21(24)25(36-37)18-5-4-6-20(30)15-18)26(27(31)32)38-13-11-17(12-14-38)28-35-22-7-2-3-8-23(22)39(28)29(33)34/h2-10,15-17,26-27,29H,11-14H2,1H3. The second-order valence-electron chi connectivity index (χ2n) is 9.96. The molecule has 1 atom stereocenters. The molecule has 3 heterocycles. The van der Waals surface area contributed by atoms with Gasteiger partial charge in [-0.25, -0.2) is 18.2 Å². The highest BCUT2D eigenvalue weighted by molar-refractivity contribution is 5.93. The second-order valence-corrected chi connectivity index (χ2v) is 9.96. The van der Waals surface area contributed by atoms with Crippen molar-refractivity contribution in [1.29, 1.82) is 0 Å². The lowest BCUT2D eigenvalue weighted by Crippen LogP contribution is -2.39. The Hall–Kier alpha value is -3.79. The monoisotopic (exact) mass is 539 g/mol. The van der Waals surface area contributed by atoms with Crippen LogP contribution in [-0.4, -0.2) is 43.7 Å². The van der Waals surface area contributed by atoms with Gasteiger partial charge in [-0.1, -0.05) is 36.4 Å². The van der Waals surface area contributed by atoms with Gasteiger partial charge in [0.25, 0.3) is 6.43 Å². The van der Waals surface area contributed by atoms with Crippen LogP contribution >= 0.6 is 0 Å². The van der Waals surface area contributed by atoms with Gasteiger partial charge < -0.3 is 0 Å². The van der Waals surface area contributed by atoms with Gasteiger partial charge in [-0.05, 0) is 61.8 Å². The van der Waals surface area contributed by atoms with Crippen LogP contribution in [0.2, 0.25) is 0 Å². The molecule has 0 saturated carbocycles. The predicted molar refractivity (Wildman–Crippen MR) is 139 cm³/mol. The average molecular weight is 540 g/mol. The molecule has 6 rings (SSSR count). The maximum atomic E-state index is 14.5. The lowest BCUT2D eigenvalue weighted by Gasteiger charge is -2.37. The van der Waals surface area contributed by atoms with E-state index in [1.54, 1.807) is 71.2 Å². The smallest absolute Gasteiger partial charge is 0.291 e. The number of nitrogens with zero attached hydrogens (tertiary/aromatic N) is 5. The third-order valence-corrected chi connectivity index (χ3v) is 7.66. The number of likely N-dealkylation sites (tertiary alicyclic amines) is 1. The topological polar surface area (TPSA) is 38.9 Å². The SMILES string of the molecule is Cn1nc(-c2cccc(F)c2)c2ccc(C(C(F)F)N3CCC(c4nc5ccccc5n4C(F)F)CC3)cc21. The molecule has 3 aromatic carbocycles. The number of aromatic nitrogens is 4. The highest BCUT2D eigenvalue weighted by atomic mass is 19.3. The summed E-state index contributed by atoms with van der Waals surface area (Å²) in [4.78, 5) is 6.20. The van der Waals surface area contributed by atoms with Crippen molar-refractivity contribution in [3.05, 3.63) is 83.9 Å². The summed E-state index contributed by atoms with van der Waals surface area (Å²) in [5.74, 6) is -0.330. The van der Waals surface area contributed by atoms with Crippen LogP contribution in [0.3, 0.4) is 0 Å². The summed E-state index contributed by atoms with van der Waals surface area (Å²) >= 11 is 0. The van der Waals surface area contributed by atoms with Gasteiger partial charge in [0.05, 0.1) is 22.6 Å². The van der Waals surface area contributed by atoms with Crippen LogP contribution in [0.25, 0.3) is 33.2 Å². The highest BCUT2D eigenvalue weighted by Gasteiger charge is 2.35. The minimum atomic E-state index is -2.73. The van der Waals surface area contributed by atoms with Crippen molar-refractivity contribution in [3.63, 3.8) is 0 Å². The minimum absolute atomic E-state index is 0.255. The quantitative estimate of drug-likeness (QED) is 0.213. The van der Waals surface area contributed by atoms with Crippen LogP contribution in [-0.2, 0) is 7.05 Å². The molecular formula is C29H26F5N5. The van der Waals surface area contributed by atoms with Crippen LogP contribution in [0.15, 0.2) is 66.7 Å². The largest absolute Gasteiger partial charge is 0.320 e. The van der Waals surface area contributed by atoms with Gasteiger partial charge in [-0.3, -0.25) is 14.1 Å². The van der Waals surface area contributed by atoms with Gasteiger partial charge in [-0.15, -0.1) is 0 Å². The molecule has 5 aromatic rings. The van der Waals surface area contributed by atoms with E-state index >= 15 is 0 Å². The zero-order chi connectivity index (χ0) is 27.3. The number of piperidine rings is 1. The fourth-order valence-electron chi connectivity index (χ4n) is 5.82.